The van der Waals surface area contributed by atoms with Crippen LogP contribution in [0.1, 0.15) is 68.3 Å². The molecule has 1 heterocycles. The van der Waals surface area contributed by atoms with Crippen molar-refractivity contribution in [1.29, 1.82) is 0 Å². The molecule has 1 N–H and O–H groups in total. The molecular formula is C22H31NO. The molecule has 0 aliphatic heterocycles. The minimum atomic E-state index is 0.927. The van der Waals surface area contributed by atoms with E-state index in [0.29, 0.717) is 0 Å². The van der Waals surface area contributed by atoms with E-state index in [0.717, 1.165) is 5.75 Å². The van der Waals surface area contributed by atoms with Crippen LogP contribution in [0, 0.1) is 6.92 Å². The Morgan fingerprint density at radius 1 is 0.792 bits per heavy atom. The molecule has 0 saturated heterocycles. The number of aryl methyl sites for hydroxylation is 2. The summed E-state index contributed by atoms with van der Waals surface area (Å²) in [5.74, 6) is 0.927. The van der Waals surface area contributed by atoms with E-state index in [1.165, 1.54) is 86.7 Å². The fourth-order valence-electron chi connectivity index (χ4n) is 4.04. The van der Waals surface area contributed by atoms with Gasteiger partial charge in [0.25, 0.3) is 0 Å². The normalized spacial score (nSPS) is 16.8. The van der Waals surface area contributed by atoms with Gasteiger partial charge in [-0.05, 0) is 55.9 Å². The third-order valence-corrected chi connectivity index (χ3v) is 5.36. The van der Waals surface area contributed by atoms with Gasteiger partial charge in [0.15, 0.2) is 0 Å². The predicted octanol–water partition coefficient (Wildman–Crippen LogP) is 6.22. The van der Waals surface area contributed by atoms with Crippen LogP contribution < -0.4 is 4.74 Å². The lowest BCUT2D eigenvalue weighted by atomic mass is 9.93. The van der Waals surface area contributed by atoms with Crippen molar-refractivity contribution in [3.8, 4) is 16.9 Å². The largest absolute Gasteiger partial charge is 0.497 e. The number of fused-ring (bicyclic) bond motifs is 1. The van der Waals surface area contributed by atoms with E-state index in [1.807, 2.05) is 0 Å². The number of nitrogens with one attached hydrogen (secondary N) is 1. The first-order chi connectivity index (χ1) is 11.8. The molecule has 130 valence electrons. The molecule has 24 heavy (non-hydrogen) atoms. The van der Waals surface area contributed by atoms with Crippen molar-refractivity contribution in [3.05, 3.63) is 41.2 Å². The molecule has 0 atom stereocenters. The van der Waals surface area contributed by atoms with Crippen molar-refractivity contribution in [2.24, 2.45) is 0 Å². The summed E-state index contributed by atoms with van der Waals surface area (Å²) in [6, 6.07) is 8.55. The molecule has 0 amide bonds. The molecule has 1 aromatic carbocycles. The first-order valence-electron chi connectivity index (χ1n) is 9.64. The molecule has 1 aliphatic rings. The van der Waals surface area contributed by atoms with Gasteiger partial charge in [-0.2, -0.15) is 0 Å². The molecule has 2 nitrogen and oxygen atoms in total. The zero-order valence-electron chi connectivity index (χ0n) is 15.3. The van der Waals surface area contributed by atoms with Gasteiger partial charge in [0.2, 0.25) is 0 Å². The van der Waals surface area contributed by atoms with Crippen molar-refractivity contribution in [2.75, 3.05) is 7.11 Å². The molecular weight excluding hydrogens is 294 g/mol. The fourth-order valence-corrected chi connectivity index (χ4v) is 4.04. The average molecular weight is 325 g/mol. The molecule has 2 aromatic rings. The summed E-state index contributed by atoms with van der Waals surface area (Å²) >= 11 is 0. The van der Waals surface area contributed by atoms with Crippen LogP contribution in [0.5, 0.6) is 5.75 Å². The number of aromatic amines is 1. The Labute approximate surface area is 146 Å². The fraction of sp³-hybridized carbons (Fsp3) is 0.545. The van der Waals surface area contributed by atoms with E-state index in [9.17, 15) is 0 Å². The standard InChI is InChI=1S/C22H31NO/c1-17-22(18-13-15-19(24-2)16-14-18)20-11-9-7-5-3-4-6-8-10-12-21(20)23-17/h13-16,23H,3-12H2,1-2H3. The summed E-state index contributed by atoms with van der Waals surface area (Å²) in [4.78, 5) is 3.71. The van der Waals surface area contributed by atoms with Gasteiger partial charge in [0.05, 0.1) is 7.11 Å². The number of rotatable bonds is 2. The Hall–Kier alpha value is -1.70. The highest BCUT2D eigenvalue weighted by Gasteiger charge is 2.16. The second kappa shape index (κ2) is 8.41. The van der Waals surface area contributed by atoms with E-state index in [1.54, 1.807) is 12.7 Å². The zero-order valence-corrected chi connectivity index (χ0v) is 15.3. The summed E-state index contributed by atoms with van der Waals surface area (Å²) in [5, 5.41) is 0. The van der Waals surface area contributed by atoms with Crippen molar-refractivity contribution in [2.45, 2.75) is 71.1 Å². The lowest BCUT2D eigenvalue weighted by Crippen LogP contribution is -1.96. The highest BCUT2D eigenvalue weighted by Crippen LogP contribution is 2.33. The number of aromatic nitrogens is 1. The van der Waals surface area contributed by atoms with Gasteiger partial charge >= 0.3 is 0 Å². The average Bonchev–Trinajstić information content (AvgIpc) is 2.90. The predicted molar refractivity (Wildman–Crippen MR) is 102 cm³/mol. The minimum Gasteiger partial charge on any atom is -0.497 e. The van der Waals surface area contributed by atoms with Crippen LogP contribution >= 0.6 is 0 Å². The van der Waals surface area contributed by atoms with Gasteiger partial charge in [0.1, 0.15) is 5.75 Å². The number of methoxy groups -OCH3 is 1. The van der Waals surface area contributed by atoms with Crippen LogP contribution in [0.4, 0.5) is 0 Å². The lowest BCUT2D eigenvalue weighted by molar-refractivity contribution is 0.415. The Morgan fingerprint density at radius 2 is 1.38 bits per heavy atom. The second-order valence-electron chi connectivity index (χ2n) is 7.14. The number of ether oxygens (including phenoxy) is 1. The first-order valence-corrected chi connectivity index (χ1v) is 9.64. The minimum absolute atomic E-state index is 0.927. The molecule has 1 aromatic heterocycles. The van der Waals surface area contributed by atoms with E-state index in [-0.39, 0.29) is 0 Å². The van der Waals surface area contributed by atoms with Crippen LogP contribution in [0.25, 0.3) is 11.1 Å². The van der Waals surface area contributed by atoms with Gasteiger partial charge in [0, 0.05) is 17.0 Å². The highest BCUT2D eigenvalue weighted by molar-refractivity contribution is 5.72. The SMILES string of the molecule is COc1ccc(-c2c(C)[nH]c3c2CCCCCCCCCC3)cc1. The molecule has 0 bridgehead atoms. The maximum atomic E-state index is 5.31. The van der Waals surface area contributed by atoms with Crippen LogP contribution in [0.3, 0.4) is 0 Å². The number of hydrogen-bond donors (Lipinski definition) is 1. The maximum Gasteiger partial charge on any atom is 0.118 e. The van der Waals surface area contributed by atoms with Gasteiger partial charge in [-0.15, -0.1) is 0 Å². The Morgan fingerprint density at radius 3 is 2.00 bits per heavy atom. The number of hydrogen-bond acceptors (Lipinski definition) is 1. The third kappa shape index (κ3) is 4.03. The number of H-pyrrole nitrogens is 1. The van der Waals surface area contributed by atoms with E-state index in [4.69, 9.17) is 4.74 Å². The van der Waals surface area contributed by atoms with Crippen molar-refractivity contribution in [3.63, 3.8) is 0 Å². The molecule has 0 fully saturated rings. The molecule has 1 aliphatic carbocycles. The third-order valence-electron chi connectivity index (χ3n) is 5.36. The first kappa shape index (κ1) is 17.1. The Kier molecular flexibility index (Phi) is 6.01. The smallest absolute Gasteiger partial charge is 0.118 e. The van der Waals surface area contributed by atoms with Crippen LogP contribution in [-0.4, -0.2) is 12.1 Å². The summed E-state index contributed by atoms with van der Waals surface area (Å²) in [7, 11) is 1.73. The molecule has 0 radical (unpaired) electrons. The van der Waals surface area contributed by atoms with E-state index >= 15 is 0 Å². The van der Waals surface area contributed by atoms with Crippen molar-refractivity contribution in [1.82, 2.24) is 4.98 Å². The van der Waals surface area contributed by atoms with Crippen LogP contribution in [0.15, 0.2) is 24.3 Å². The lowest BCUT2D eigenvalue weighted by Gasteiger charge is -2.11. The van der Waals surface area contributed by atoms with E-state index in [2.05, 4.69) is 36.2 Å². The Bertz CT molecular complexity index is 639. The number of benzene rings is 1. The monoisotopic (exact) mass is 325 g/mol. The second-order valence-corrected chi connectivity index (χ2v) is 7.14. The van der Waals surface area contributed by atoms with Crippen LogP contribution in [0.2, 0.25) is 0 Å². The summed E-state index contributed by atoms with van der Waals surface area (Å²) in [6.07, 6.45) is 13.4. The molecule has 0 unspecified atom stereocenters. The molecule has 3 rings (SSSR count). The summed E-state index contributed by atoms with van der Waals surface area (Å²) in [5.41, 5.74) is 7.12. The highest BCUT2D eigenvalue weighted by atomic mass is 16.5. The van der Waals surface area contributed by atoms with Gasteiger partial charge < -0.3 is 9.72 Å². The van der Waals surface area contributed by atoms with Crippen molar-refractivity contribution >= 4 is 0 Å². The molecule has 2 heteroatoms. The van der Waals surface area contributed by atoms with Gasteiger partial charge in [-0.1, -0.05) is 50.7 Å². The van der Waals surface area contributed by atoms with Gasteiger partial charge in [-0.3, -0.25) is 0 Å². The van der Waals surface area contributed by atoms with Crippen LogP contribution in [-0.2, 0) is 12.8 Å². The van der Waals surface area contributed by atoms with Crippen molar-refractivity contribution < 1.29 is 4.74 Å². The summed E-state index contributed by atoms with van der Waals surface area (Å²) < 4.78 is 5.31. The molecule has 0 saturated carbocycles. The topological polar surface area (TPSA) is 25.0 Å². The maximum absolute atomic E-state index is 5.31. The Balaban J connectivity index is 1.90. The quantitative estimate of drug-likeness (QED) is 0.696. The van der Waals surface area contributed by atoms with Gasteiger partial charge in [-0.25, -0.2) is 0 Å². The molecule has 0 spiro atoms. The van der Waals surface area contributed by atoms with E-state index < -0.39 is 0 Å². The summed E-state index contributed by atoms with van der Waals surface area (Å²) in [6.45, 7) is 2.23. The zero-order chi connectivity index (χ0) is 16.8.